The number of hydrogen-bond donors (Lipinski definition) is 1. The fraction of sp³-hybridized carbons (Fsp3) is 0.538. The maximum absolute atomic E-state index is 12.2. The molecule has 1 fully saturated rings. The Bertz CT molecular complexity index is 512. The van der Waals surface area contributed by atoms with E-state index in [0.29, 0.717) is 17.0 Å². The molecular formula is C13H16N4O. The number of aromatic nitrogens is 2. The number of amides is 1. The third kappa shape index (κ3) is 2.33. The summed E-state index contributed by atoms with van der Waals surface area (Å²) in [6.45, 7) is 3.54. The summed E-state index contributed by atoms with van der Waals surface area (Å²) in [5.74, 6) is -0.228. The summed E-state index contributed by atoms with van der Waals surface area (Å²) in [6.07, 6.45) is 3.43. The number of carbonyl (C=O) groups is 1. The van der Waals surface area contributed by atoms with E-state index in [-0.39, 0.29) is 5.91 Å². The monoisotopic (exact) mass is 244 g/mol. The van der Waals surface area contributed by atoms with Crippen LogP contribution >= 0.6 is 0 Å². The minimum atomic E-state index is -0.694. The van der Waals surface area contributed by atoms with Gasteiger partial charge in [-0.3, -0.25) is 4.79 Å². The number of hydrogen-bond acceptors (Lipinski definition) is 4. The van der Waals surface area contributed by atoms with Crippen LogP contribution in [-0.4, -0.2) is 21.6 Å². The summed E-state index contributed by atoms with van der Waals surface area (Å²) in [6, 6.07) is 3.95. The van der Waals surface area contributed by atoms with E-state index >= 15 is 0 Å². The number of carbonyl (C=O) groups excluding carboxylic acids is 1. The molecule has 18 heavy (non-hydrogen) atoms. The molecule has 1 N–H and O–H groups in total. The topological polar surface area (TPSA) is 78.7 Å². The molecule has 1 aliphatic carbocycles. The predicted octanol–water partition coefficient (Wildman–Crippen LogP) is 1.66. The van der Waals surface area contributed by atoms with Gasteiger partial charge >= 0.3 is 0 Å². The number of rotatable bonds is 2. The van der Waals surface area contributed by atoms with Gasteiger partial charge < -0.3 is 5.32 Å². The lowest BCUT2D eigenvalue weighted by atomic mass is 9.99. The largest absolute Gasteiger partial charge is 0.334 e. The molecule has 1 heterocycles. The fourth-order valence-electron chi connectivity index (χ4n) is 2.31. The molecule has 1 aromatic heterocycles. The Morgan fingerprint density at radius 3 is 2.67 bits per heavy atom. The zero-order chi connectivity index (χ0) is 13.2. The third-order valence-corrected chi connectivity index (χ3v) is 3.37. The van der Waals surface area contributed by atoms with Crippen molar-refractivity contribution in [1.82, 2.24) is 15.5 Å². The Hall–Kier alpha value is -1.96. The second-order valence-corrected chi connectivity index (χ2v) is 4.84. The van der Waals surface area contributed by atoms with E-state index < -0.39 is 5.54 Å². The molecule has 2 rings (SSSR count). The SMILES string of the molecule is Cc1cc(C(=O)NC2(C#N)CCCC2)c(C)nn1. The number of nitrogens with zero attached hydrogens (tertiary/aromatic N) is 3. The van der Waals surface area contributed by atoms with Crippen molar-refractivity contribution in [2.75, 3.05) is 0 Å². The minimum absolute atomic E-state index is 0.228. The molecular weight excluding hydrogens is 228 g/mol. The van der Waals surface area contributed by atoms with Crippen LogP contribution in [0.5, 0.6) is 0 Å². The standard InChI is InChI=1S/C13H16N4O/c1-9-7-11(10(2)17-16-9)12(18)15-13(8-14)5-3-4-6-13/h7H,3-6H2,1-2H3,(H,15,18). The molecule has 0 unspecified atom stereocenters. The highest BCUT2D eigenvalue weighted by atomic mass is 16.1. The van der Waals surface area contributed by atoms with Crippen LogP contribution < -0.4 is 5.32 Å². The third-order valence-electron chi connectivity index (χ3n) is 3.37. The maximum Gasteiger partial charge on any atom is 0.254 e. The summed E-state index contributed by atoms with van der Waals surface area (Å²) < 4.78 is 0. The van der Waals surface area contributed by atoms with E-state index in [1.54, 1.807) is 19.9 Å². The molecule has 5 heteroatoms. The fourth-order valence-corrected chi connectivity index (χ4v) is 2.31. The first-order chi connectivity index (χ1) is 8.56. The lowest BCUT2D eigenvalue weighted by Crippen LogP contribution is -2.45. The zero-order valence-electron chi connectivity index (χ0n) is 10.7. The average Bonchev–Trinajstić information content (AvgIpc) is 2.81. The number of nitrogens with one attached hydrogen (secondary N) is 1. The number of aryl methyl sites for hydroxylation is 2. The Morgan fingerprint density at radius 1 is 1.39 bits per heavy atom. The number of nitriles is 1. The van der Waals surface area contributed by atoms with Gasteiger partial charge in [-0.1, -0.05) is 0 Å². The van der Waals surface area contributed by atoms with Crippen molar-refractivity contribution in [1.29, 1.82) is 5.26 Å². The van der Waals surface area contributed by atoms with Crippen LogP contribution in [0.3, 0.4) is 0 Å². The van der Waals surface area contributed by atoms with Gasteiger partial charge in [-0.25, -0.2) is 0 Å². The van der Waals surface area contributed by atoms with Gasteiger partial charge in [-0.15, -0.1) is 0 Å². The van der Waals surface area contributed by atoms with Crippen molar-refractivity contribution >= 4 is 5.91 Å². The van der Waals surface area contributed by atoms with Crippen LogP contribution in [0.25, 0.3) is 0 Å². The molecule has 0 bridgehead atoms. The summed E-state index contributed by atoms with van der Waals surface area (Å²) in [5, 5.41) is 19.9. The average molecular weight is 244 g/mol. The lowest BCUT2D eigenvalue weighted by Gasteiger charge is -2.22. The van der Waals surface area contributed by atoms with Crippen molar-refractivity contribution in [2.45, 2.75) is 45.1 Å². The van der Waals surface area contributed by atoms with E-state index in [1.807, 2.05) is 0 Å². The van der Waals surface area contributed by atoms with E-state index in [9.17, 15) is 10.1 Å². The van der Waals surface area contributed by atoms with Gasteiger partial charge in [0, 0.05) is 0 Å². The van der Waals surface area contributed by atoms with Crippen LogP contribution in [0.1, 0.15) is 47.4 Å². The van der Waals surface area contributed by atoms with Crippen molar-refractivity contribution in [3.05, 3.63) is 23.0 Å². The highest BCUT2D eigenvalue weighted by molar-refractivity contribution is 5.96. The van der Waals surface area contributed by atoms with Crippen LogP contribution in [0.15, 0.2) is 6.07 Å². The Kier molecular flexibility index (Phi) is 3.28. The van der Waals surface area contributed by atoms with Gasteiger partial charge in [0.25, 0.3) is 5.91 Å². The second kappa shape index (κ2) is 4.73. The van der Waals surface area contributed by atoms with Gasteiger partial charge in [0.2, 0.25) is 0 Å². The molecule has 0 aliphatic heterocycles. The first-order valence-electron chi connectivity index (χ1n) is 6.11. The Labute approximate surface area is 106 Å². The smallest absolute Gasteiger partial charge is 0.254 e. The molecule has 94 valence electrons. The summed E-state index contributed by atoms with van der Waals surface area (Å²) in [4.78, 5) is 12.2. The summed E-state index contributed by atoms with van der Waals surface area (Å²) in [7, 11) is 0. The molecule has 0 spiro atoms. The first-order valence-corrected chi connectivity index (χ1v) is 6.11. The minimum Gasteiger partial charge on any atom is -0.334 e. The first kappa shape index (κ1) is 12.5. The van der Waals surface area contributed by atoms with Crippen molar-refractivity contribution < 1.29 is 4.79 Å². The van der Waals surface area contributed by atoms with Gasteiger partial charge in [-0.05, 0) is 45.6 Å². The normalized spacial score (nSPS) is 17.2. The van der Waals surface area contributed by atoms with Crippen molar-refractivity contribution in [3.63, 3.8) is 0 Å². The van der Waals surface area contributed by atoms with Gasteiger partial charge in [0.15, 0.2) is 0 Å². The van der Waals surface area contributed by atoms with Crippen molar-refractivity contribution in [2.24, 2.45) is 0 Å². The lowest BCUT2D eigenvalue weighted by molar-refractivity contribution is 0.0919. The molecule has 5 nitrogen and oxygen atoms in total. The van der Waals surface area contributed by atoms with Crippen LogP contribution in [0.2, 0.25) is 0 Å². The molecule has 0 aromatic carbocycles. The van der Waals surface area contributed by atoms with E-state index in [1.165, 1.54) is 0 Å². The predicted molar refractivity (Wildman–Crippen MR) is 65.8 cm³/mol. The van der Waals surface area contributed by atoms with Gasteiger partial charge in [-0.2, -0.15) is 15.5 Å². The molecule has 1 amide bonds. The van der Waals surface area contributed by atoms with E-state index in [0.717, 1.165) is 25.7 Å². The summed E-state index contributed by atoms with van der Waals surface area (Å²) >= 11 is 0. The maximum atomic E-state index is 12.2. The highest BCUT2D eigenvalue weighted by Gasteiger charge is 2.35. The molecule has 0 saturated heterocycles. The zero-order valence-corrected chi connectivity index (χ0v) is 10.7. The molecule has 1 aromatic rings. The second-order valence-electron chi connectivity index (χ2n) is 4.84. The van der Waals surface area contributed by atoms with Crippen molar-refractivity contribution in [3.8, 4) is 6.07 Å². The highest BCUT2D eigenvalue weighted by Crippen LogP contribution is 2.29. The summed E-state index contributed by atoms with van der Waals surface area (Å²) in [5.41, 5.74) is 1.09. The molecule has 0 atom stereocenters. The van der Waals surface area contributed by atoms with Crippen LogP contribution in [0.4, 0.5) is 0 Å². The Morgan fingerprint density at radius 2 is 2.06 bits per heavy atom. The van der Waals surface area contributed by atoms with Gasteiger partial charge in [0.05, 0.1) is 23.0 Å². The molecule has 1 aliphatic rings. The van der Waals surface area contributed by atoms with Crippen LogP contribution in [0, 0.1) is 25.2 Å². The molecule has 1 saturated carbocycles. The van der Waals surface area contributed by atoms with Gasteiger partial charge in [0.1, 0.15) is 5.54 Å². The van der Waals surface area contributed by atoms with E-state index in [4.69, 9.17) is 0 Å². The van der Waals surface area contributed by atoms with Crippen LogP contribution in [-0.2, 0) is 0 Å². The molecule has 0 radical (unpaired) electrons. The Balaban J connectivity index is 2.22. The van der Waals surface area contributed by atoms with E-state index in [2.05, 4.69) is 21.6 Å². The quantitative estimate of drug-likeness (QED) is 0.858.